The fourth-order valence-electron chi connectivity index (χ4n) is 3.20. The van der Waals surface area contributed by atoms with Gasteiger partial charge in [0.15, 0.2) is 5.78 Å². The van der Waals surface area contributed by atoms with Gasteiger partial charge in [-0.05, 0) is 50.3 Å². The predicted molar refractivity (Wildman–Crippen MR) is 80.6 cm³/mol. The summed E-state index contributed by atoms with van der Waals surface area (Å²) < 4.78 is 0. The molecule has 0 atom stereocenters. The zero-order valence-electron chi connectivity index (χ0n) is 11.6. The minimum Gasteiger partial charge on any atom is -0.330 e. The lowest BCUT2D eigenvalue weighted by Gasteiger charge is -2.26. The molecule has 0 bridgehead atoms. The molecule has 0 saturated heterocycles. The molecular weight excluding hydrogens is 248 g/mol. The monoisotopic (exact) mass is 268 g/mol. The average Bonchev–Trinajstić information content (AvgIpc) is 2.54. The molecule has 1 aliphatic carbocycles. The Kier molecular flexibility index (Phi) is 3.79. The third-order valence-electron chi connectivity index (χ3n) is 4.46. The molecule has 2 aromatic rings. The maximum Gasteiger partial charge on any atom is 0.166 e. The molecule has 0 radical (unpaired) electrons. The summed E-state index contributed by atoms with van der Waals surface area (Å²) in [5.74, 6) is 1.04. The Morgan fingerprint density at radius 3 is 2.70 bits per heavy atom. The molecule has 1 fully saturated rings. The predicted octanol–water partition coefficient (Wildman–Crippen LogP) is 3.18. The van der Waals surface area contributed by atoms with Crippen LogP contribution in [-0.2, 0) is 0 Å². The first-order chi connectivity index (χ1) is 9.79. The van der Waals surface area contributed by atoms with Crippen molar-refractivity contribution in [3.05, 3.63) is 42.1 Å². The quantitative estimate of drug-likeness (QED) is 0.870. The highest BCUT2D eigenvalue weighted by Gasteiger charge is 2.27. The molecule has 104 valence electrons. The lowest BCUT2D eigenvalue weighted by molar-refractivity contribution is 0.0875. The van der Waals surface area contributed by atoms with Crippen LogP contribution >= 0.6 is 0 Å². The smallest absolute Gasteiger partial charge is 0.166 e. The van der Waals surface area contributed by atoms with Crippen molar-refractivity contribution in [2.24, 2.45) is 17.6 Å². The van der Waals surface area contributed by atoms with Crippen molar-refractivity contribution in [2.75, 3.05) is 6.54 Å². The summed E-state index contributed by atoms with van der Waals surface area (Å²) in [5, 5.41) is 0.973. The SMILES string of the molecule is NCC1CCC(C(=O)c2cccc3ncccc23)CC1. The van der Waals surface area contributed by atoms with Crippen molar-refractivity contribution in [3.63, 3.8) is 0 Å². The van der Waals surface area contributed by atoms with Crippen LogP contribution in [0.3, 0.4) is 0 Å². The van der Waals surface area contributed by atoms with E-state index in [1.165, 1.54) is 0 Å². The van der Waals surface area contributed by atoms with E-state index < -0.39 is 0 Å². The van der Waals surface area contributed by atoms with Gasteiger partial charge in [-0.1, -0.05) is 18.2 Å². The Hall–Kier alpha value is -1.74. The molecule has 1 aliphatic rings. The molecule has 1 aromatic carbocycles. The zero-order valence-corrected chi connectivity index (χ0v) is 11.6. The number of pyridine rings is 1. The van der Waals surface area contributed by atoms with Crippen molar-refractivity contribution in [3.8, 4) is 0 Å². The maximum absolute atomic E-state index is 12.7. The van der Waals surface area contributed by atoms with Crippen LogP contribution in [0.25, 0.3) is 10.9 Å². The van der Waals surface area contributed by atoms with Crippen molar-refractivity contribution >= 4 is 16.7 Å². The number of carbonyl (C=O) groups excluding carboxylic acids is 1. The second-order valence-corrected chi connectivity index (χ2v) is 5.69. The van der Waals surface area contributed by atoms with Crippen LogP contribution < -0.4 is 5.73 Å². The summed E-state index contributed by atoms with van der Waals surface area (Å²) in [5.41, 5.74) is 7.44. The van der Waals surface area contributed by atoms with E-state index in [2.05, 4.69) is 4.98 Å². The number of fused-ring (bicyclic) bond motifs is 1. The largest absolute Gasteiger partial charge is 0.330 e. The second kappa shape index (κ2) is 5.71. The van der Waals surface area contributed by atoms with Gasteiger partial charge in [0.05, 0.1) is 5.52 Å². The lowest BCUT2D eigenvalue weighted by atomic mass is 9.78. The van der Waals surface area contributed by atoms with Crippen molar-refractivity contribution in [1.29, 1.82) is 0 Å². The second-order valence-electron chi connectivity index (χ2n) is 5.69. The molecule has 20 heavy (non-hydrogen) atoms. The van der Waals surface area contributed by atoms with Crippen LogP contribution in [0.4, 0.5) is 0 Å². The normalized spacial score (nSPS) is 22.9. The highest BCUT2D eigenvalue weighted by atomic mass is 16.1. The van der Waals surface area contributed by atoms with Crippen molar-refractivity contribution in [1.82, 2.24) is 4.98 Å². The van der Waals surface area contributed by atoms with Gasteiger partial charge < -0.3 is 5.73 Å². The van der Waals surface area contributed by atoms with E-state index in [0.717, 1.165) is 48.7 Å². The standard InChI is InChI=1S/C17H20N2O/c18-11-12-6-8-13(9-7-12)17(20)15-3-1-5-16-14(15)4-2-10-19-16/h1-5,10,12-13H,6-9,11,18H2. The Morgan fingerprint density at radius 2 is 1.95 bits per heavy atom. The van der Waals surface area contributed by atoms with E-state index in [1.54, 1.807) is 6.20 Å². The van der Waals surface area contributed by atoms with Gasteiger partial charge >= 0.3 is 0 Å². The number of aromatic nitrogens is 1. The van der Waals surface area contributed by atoms with Gasteiger partial charge in [-0.25, -0.2) is 0 Å². The molecule has 0 amide bonds. The molecule has 3 rings (SSSR count). The summed E-state index contributed by atoms with van der Waals surface area (Å²) in [7, 11) is 0. The molecule has 2 N–H and O–H groups in total. The van der Waals surface area contributed by atoms with Crippen molar-refractivity contribution in [2.45, 2.75) is 25.7 Å². The number of carbonyl (C=O) groups is 1. The van der Waals surface area contributed by atoms with E-state index in [4.69, 9.17) is 5.73 Å². The molecule has 3 heteroatoms. The Bertz CT molecular complexity index is 610. The molecular formula is C17H20N2O. The molecule has 1 heterocycles. The molecule has 0 spiro atoms. The van der Waals surface area contributed by atoms with Gasteiger partial charge in [0, 0.05) is 23.1 Å². The van der Waals surface area contributed by atoms with E-state index in [9.17, 15) is 4.79 Å². The minimum atomic E-state index is 0.156. The zero-order chi connectivity index (χ0) is 13.9. The van der Waals surface area contributed by atoms with Crippen LogP contribution in [0.1, 0.15) is 36.0 Å². The Labute approximate surface area is 119 Å². The van der Waals surface area contributed by atoms with Crippen LogP contribution in [0.15, 0.2) is 36.5 Å². The first kappa shape index (κ1) is 13.3. The summed E-state index contributed by atoms with van der Waals surface area (Å²) in [6, 6.07) is 9.69. The number of nitrogens with zero attached hydrogens (tertiary/aromatic N) is 1. The fourth-order valence-corrected chi connectivity index (χ4v) is 3.20. The van der Waals surface area contributed by atoms with Gasteiger partial charge in [-0.2, -0.15) is 0 Å². The number of rotatable bonds is 3. The minimum absolute atomic E-state index is 0.156. The van der Waals surface area contributed by atoms with Crippen LogP contribution in [-0.4, -0.2) is 17.3 Å². The number of Topliss-reactive ketones (excluding diaryl/α,β-unsaturated/α-hetero) is 1. The van der Waals surface area contributed by atoms with E-state index in [1.807, 2.05) is 30.3 Å². The number of hydrogen-bond acceptors (Lipinski definition) is 3. The van der Waals surface area contributed by atoms with Crippen LogP contribution in [0.2, 0.25) is 0 Å². The fraction of sp³-hybridized carbons (Fsp3) is 0.412. The number of nitrogens with two attached hydrogens (primary N) is 1. The molecule has 3 nitrogen and oxygen atoms in total. The maximum atomic E-state index is 12.7. The molecule has 1 saturated carbocycles. The summed E-state index contributed by atoms with van der Waals surface area (Å²) in [4.78, 5) is 17.1. The third kappa shape index (κ3) is 2.46. The highest BCUT2D eigenvalue weighted by Crippen LogP contribution is 2.31. The van der Waals surface area contributed by atoms with Gasteiger partial charge in [0.2, 0.25) is 0 Å². The first-order valence-electron chi connectivity index (χ1n) is 7.37. The average molecular weight is 268 g/mol. The van der Waals surface area contributed by atoms with Gasteiger partial charge in [0.25, 0.3) is 0 Å². The number of benzene rings is 1. The summed E-state index contributed by atoms with van der Waals surface area (Å²) >= 11 is 0. The van der Waals surface area contributed by atoms with E-state index in [0.29, 0.717) is 5.92 Å². The first-order valence-corrected chi connectivity index (χ1v) is 7.37. The van der Waals surface area contributed by atoms with Gasteiger partial charge in [-0.15, -0.1) is 0 Å². The van der Waals surface area contributed by atoms with Crippen molar-refractivity contribution < 1.29 is 4.79 Å². The van der Waals surface area contributed by atoms with Gasteiger partial charge in [-0.3, -0.25) is 9.78 Å². The molecule has 0 unspecified atom stereocenters. The van der Waals surface area contributed by atoms with Crippen LogP contribution in [0.5, 0.6) is 0 Å². The Morgan fingerprint density at radius 1 is 1.15 bits per heavy atom. The molecule has 1 aromatic heterocycles. The number of ketones is 1. The Balaban J connectivity index is 1.86. The third-order valence-corrected chi connectivity index (χ3v) is 4.46. The molecule has 0 aliphatic heterocycles. The van der Waals surface area contributed by atoms with E-state index in [-0.39, 0.29) is 11.7 Å². The summed E-state index contributed by atoms with van der Waals surface area (Å²) in [6.45, 7) is 0.749. The topological polar surface area (TPSA) is 56.0 Å². The van der Waals surface area contributed by atoms with Crippen LogP contribution in [0, 0.1) is 11.8 Å². The van der Waals surface area contributed by atoms with E-state index >= 15 is 0 Å². The summed E-state index contributed by atoms with van der Waals surface area (Å²) in [6.07, 6.45) is 5.86. The number of hydrogen-bond donors (Lipinski definition) is 1. The lowest BCUT2D eigenvalue weighted by Crippen LogP contribution is -2.25. The highest BCUT2D eigenvalue weighted by molar-refractivity contribution is 6.08. The van der Waals surface area contributed by atoms with Gasteiger partial charge in [0.1, 0.15) is 0 Å².